The van der Waals surface area contributed by atoms with Crippen LogP contribution in [0.5, 0.6) is 0 Å². The van der Waals surface area contributed by atoms with Gasteiger partial charge >= 0.3 is 0 Å². The van der Waals surface area contributed by atoms with E-state index in [-0.39, 0.29) is 29.2 Å². The van der Waals surface area contributed by atoms with Crippen LogP contribution < -0.4 is 16.0 Å². The van der Waals surface area contributed by atoms with E-state index in [0.717, 1.165) is 62.8 Å². The molecule has 186 valence electrons. The third-order valence-corrected chi connectivity index (χ3v) is 6.70. The van der Waals surface area contributed by atoms with Gasteiger partial charge in [-0.3, -0.25) is 9.48 Å². The topological polar surface area (TPSA) is 100 Å². The lowest BCUT2D eigenvalue weighted by Gasteiger charge is -2.28. The Kier molecular flexibility index (Phi) is 7.91. The van der Waals surface area contributed by atoms with Crippen LogP contribution in [0.2, 0.25) is 0 Å². The highest BCUT2D eigenvalue weighted by Crippen LogP contribution is 2.29. The van der Waals surface area contributed by atoms with Crippen LogP contribution >= 0.6 is 0 Å². The number of halogens is 2. The Morgan fingerprint density at radius 3 is 2.65 bits per heavy atom. The molecular weight excluding hydrogens is 442 g/mol. The number of aryl methyl sites for hydroxylation is 1. The van der Waals surface area contributed by atoms with Gasteiger partial charge in [0.1, 0.15) is 5.82 Å². The lowest BCUT2D eigenvalue weighted by Crippen LogP contribution is -2.35. The maximum absolute atomic E-state index is 13.5. The Bertz CT molecular complexity index is 970. The molecule has 1 saturated heterocycles. The van der Waals surface area contributed by atoms with Crippen molar-refractivity contribution in [3.05, 3.63) is 23.7 Å². The summed E-state index contributed by atoms with van der Waals surface area (Å²) in [7, 11) is 2.12. The molecule has 1 amide bonds. The summed E-state index contributed by atoms with van der Waals surface area (Å²) in [6, 6.07) is 0.342. The number of aromatic nitrogens is 4. The van der Waals surface area contributed by atoms with Crippen LogP contribution in [-0.2, 0) is 4.79 Å². The summed E-state index contributed by atoms with van der Waals surface area (Å²) >= 11 is 0. The Balaban J connectivity index is 1.35. The molecule has 0 unspecified atom stereocenters. The molecule has 4 rings (SSSR count). The number of nitrogens with zero attached hydrogens (tertiary/aromatic N) is 5. The number of carbonyl (C=O) groups excluding carboxylic acids is 1. The van der Waals surface area contributed by atoms with Gasteiger partial charge in [0.15, 0.2) is 0 Å². The second-order valence-corrected chi connectivity index (χ2v) is 9.27. The number of hydrogen-bond donors (Lipinski definition) is 3. The van der Waals surface area contributed by atoms with E-state index in [1.807, 2.05) is 17.8 Å². The first kappa shape index (κ1) is 24.3. The first-order chi connectivity index (χ1) is 16.4. The van der Waals surface area contributed by atoms with Crippen LogP contribution in [0.1, 0.15) is 62.2 Å². The minimum Gasteiger partial charge on any atom is -0.369 e. The largest absolute Gasteiger partial charge is 0.369 e. The molecule has 2 aromatic rings. The summed E-state index contributed by atoms with van der Waals surface area (Å²) in [4.78, 5) is 22.6. The second kappa shape index (κ2) is 11.1. The molecule has 2 fully saturated rings. The summed E-state index contributed by atoms with van der Waals surface area (Å²) in [6.07, 6.45) is 6.09. The Morgan fingerprint density at radius 2 is 1.97 bits per heavy atom. The molecule has 1 aliphatic carbocycles. The molecule has 1 aliphatic heterocycles. The maximum atomic E-state index is 13.5. The highest BCUT2D eigenvalue weighted by molar-refractivity contribution is 5.79. The predicted octanol–water partition coefficient (Wildman–Crippen LogP) is 3.65. The highest BCUT2D eigenvalue weighted by atomic mass is 19.3. The lowest BCUT2D eigenvalue weighted by atomic mass is 9.85. The second-order valence-electron chi connectivity index (χ2n) is 9.27. The van der Waals surface area contributed by atoms with Crippen molar-refractivity contribution in [2.45, 2.75) is 57.9 Å². The molecule has 0 radical (unpaired) electrons. The number of alkyl halides is 2. The molecule has 3 heterocycles. The van der Waals surface area contributed by atoms with Crippen LogP contribution in [0.3, 0.4) is 0 Å². The Morgan fingerprint density at radius 1 is 1.21 bits per heavy atom. The van der Waals surface area contributed by atoms with E-state index in [2.05, 4.69) is 43.0 Å². The summed E-state index contributed by atoms with van der Waals surface area (Å²) in [6.45, 7) is 4.87. The minimum atomic E-state index is -2.69. The number of carbonyl (C=O) groups is 1. The fraction of sp³-hybridized carbons (Fsp3) is 0.652. The van der Waals surface area contributed by atoms with Crippen LogP contribution in [0.15, 0.2) is 12.4 Å². The summed E-state index contributed by atoms with van der Waals surface area (Å²) in [5.41, 5.74) is 1.31. The number of hydrogen-bond acceptors (Lipinski definition) is 7. The third kappa shape index (κ3) is 5.99. The van der Waals surface area contributed by atoms with Crippen molar-refractivity contribution in [1.82, 2.24) is 30.0 Å². The number of anilines is 3. The molecule has 0 atom stereocenters. The molecule has 1 saturated carbocycles. The monoisotopic (exact) mass is 476 g/mol. The van der Waals surface area contributed by atoms with E-state index < -0.39 is 6.43 Å². The summed E-state index contributed by atoms with van der Waals surface area (Å²) in [5, 5.41) is 13.7. The van der Waals surface area contributed by atoms with Crippen molar-refractivity contribution < 1.29 is 13.6 Å². The van der Waals surface area contributed by atoms with E-state index in [9.17, 15) is 13.6 Å². The van der Waals surface area contributed by atoms with Crippen LogP contribution in [-0.4, -0.2) is 63.8 Å². The molecule has 2 aliphatic rings. The van der Waals surface area contributed by atoms with Crippen LogP contribution in [0.4, 0.5) is 26.2 Å². The van der Waals surface area contributed by atoms with E-state index in [1.54, 1.807) is 0 Å². The van der Waals surface area contributed by atoms with Crippen molar-refractivity contribution >= 4 is 23.4 Å². The first-order valence-corrected chi connectivity index (χ1v) is 12.1. The van der Waals surface area contributed by atoms with Crippen molar-refractivity contribution in [1.29, 1.82) is 0 Å². The molecule has 11 heteroatoms. The lowest BCUT2D eigenvalue weighted by molar-refractivity contribution is -0.127. The standard InChI is InChI=1S/C23H34F2N8O/c1-15-19(14-33(31-15)17-7-11-32(2)12-8-17)29-23-28-13-18(20(24)25)21(30-23)26-9-4-10-27-22(34)16-5-3-6-16/h13-14,16-17,20H,3-12H2,1-2H3,(H,27,34)(H2,26,28,29,30). The van der Waals surface area contributed by atoms with Crippen molar-refractivity contribution in [2.24, 2.45) is 5.92 Å². The van der Waals surface area contributed by atoms with Crippen molar-refractivity contribution in [2.75, 3.05) is 43.9 Å². The maximum Gasteiger partial charge on any atom is 0.268 e. The smallest absolute Gasteiger partial charge is 0.268 e. The average molecular weight is 477 g/mol. The van der Waals surface area contributed by atoms with Crippen molar-refractivity contribution in [3.8, 4) is 0 Å². The van der Waals surface area contributed by atoms with Gasteiger partial charge in [0.2, 0.25) is 11.9 Å². The zero-order chi connectivity index (χ0) is 24.1. The molecule has 9 nitrogen and oxygen atoms in total. The fourth-order valence-corrected chi connectivity index (χ4v) is 4.25. The van der Waals surface area contributed by atoms with E-state index in [1.165, 1.54) is 0 Å². The van der Waals surface area contributed by atoms with Gasteiger partial charge in [-0.15, -0.1) is 0 Å². The highest BCUT2D eigenvalue weighted by Gasteiger charge is 2.24. The average Bonchev–Trinajstić information content (AvgIpc) is 3.13. The van der Waals surface area contributed by atoms with Gasteiger partial charge in [0.25, 0.3) is 6.43 Å². The first-order valence-electron chi connectivity index (χ1n) is 12.1. The quantitative estimate of drug-likeness (QED) is 0.450. The van der Waals surface area contributed by atoms with Crippen LogP contribution in [0.25, 0.3) is 0 Å². The fourth-order valence-electron chi connectivity index (χ4n) is 4.25. The molecule has 0 aromatic carbocycles. The molecule has 3 N–H and O–H groups in total. The van der Waals surface area contributed by atoms with Gasteiger partial charge in [-0.05, 0) is 59.2 Å². The number of rotatable bonds is 10. The van der Waals surface area contributed by atoms with Gasteiger partial charge in [0.05, 0.1) is 23.0 Å². The summed E-state index contributed by atoms with van der Waals surface area (Å²) in [5.74, 6) is 0.555. The SMILES string of the molecule is Cc1nn(C2CCN(C)CC2)cc1Nc1ncc(C(F)F)c(NCCCNC(=O)C2CCC2)n1. The molecule has 0 spiro atoms. The zero-order valence-electron chi connectivity index (χ0n) is 19.9. The number of amides is 1. The van der Waals surface area contributed by atoms with E-state index in [0.29, 0.717) is 25.6 Å². The van der Waals surface area contributed by atoms with Gasteiger partial charge < -0.3 is 20.9 Å². The van der Waals surface area contributed by atoms with Gasteiger partial charge in [-0.25, -0.2) is 13.8 Å². The molecule has 2 aromatic heterocycles. The molecule has 0 bridgehead atoms. The zero-order valence-corrected chi connectivity index (χ0v) is 19.9. The Hall–Kier alpha value is -2.82. The number of piperidine rings is 1. The van der Waals surface area contributed by atoms with E-state index >= 15 is 0 Å². The third-order valence-electron chi connectivity index (χ3n) is 6.70. The normalized spacial score (nSPS) is 17.6. The van der Waals surface area contributed by atoms with Crippen molar-refractivity contribution in [3.63, 3.8) is 0 Å². The molecule has 34 heavy (non-hydrogen) atoms. The van der Waals surface area contributed by atoms with Gasteiger partial charge in [0, 0.05) is 31.4 Å². The number of nitrogens with one attached hydrogen (secondary N) is 3. The number of likely N-dealkylation sites (tertiary alicyclic amines) is 1. The summed E-state index contributed by atoms with van der Waals surface area (Å²) < 4.78 is 29.0. The Labute approximate surface area is 198 Å². The van der Waals surface area contributed by atoms with Gasteiger partial charge in [-0.1, -0.05) is 6.42 Å². The molecular formula is C23H34F2N8O. The van der Waals surface area contributed by atoms with Gasteiger partial charge in [-0.2, -0.15) is 10.1 Å². The predicted molar refractivity (Wildman–Crippen MR) is 126 cm³/mol. The van der Waals surface area contributed by atoms with E-state index in [4.69, 9.17) is 0 Å². The van der Waals surface area contributed by atoms with Crippen LogP contribution in [0, 0.1) is 12.8 Å². The minimum absolute atomic E-state index is 0.0872.